The van der Waals surface area contributed by atoms with Crippen molar-refractivity contribution in [3.63, 3.8) is 0 Å². The zero-order chi connectivity index (χ0) is 18.0. The molecule has 0 amide bonds. The average molecular weight is 352 g/mol. The van der Waals surface area contributed by atoms with E-state index in [0.29, 0.717) is 6.17 Å². The highest BCUT2D eigenvalue weighted by Crippen LogP contribution is 2.13. The van der Waals surface area contributed by atoms with E-state index in [1.807, 2.05) is 6.34 Å². The summed E-state index contributed by atoms with van der Waals surface area (Å²) in [7, 11) is 0. The topological polar surface area (TPSA) is 27.6 Å². The highest BCUT2D eigenvalue weighted by molar-refractivity contribution is 5.57. The number of hydrogen-bond acceptors (Lipinski definition) is 3. The molecule has 0 saturated heterocycles. The van der Waals surface area contributed by atoms with Crippen molar-refractivity contribution in [2.45, 2.75) is 116 Å². The van der Waals surface area contributed by atoms with E-state index in [-0.39, 0.29) is 0 Å². The maximum absolute atomic E-state index is 4.27. The van der Waals surface area contributed by atoms with Gasteiger partial charge in [0.15, 0.2) is 0 Å². The average Bonchev–Trinajstić information content (AvgIpc) is 3.16. The Hall–Kier alpha value is -0.570. The van der Waals surface area contributed by atoms with Crippen LogP contribution in [0.4, 0.5) is 0 Å². The summed E-state index contributed by atoms with van der Waals surface area (Å²) in [6.45, 7) is 7.72. The minimum atomic E-state index is 0.442. The van der Waals surface area contributed by atoms with Crippen LogP contribution in [0.2, 0.25) is 0 Å². The van der Waals surface area contributed by atoms with E-state index in [1.54, 1.807) is 0 Å². The van der Waals surface area contributed by atoms with Crippen molar-refractivity contribution < 1.29 is 0 Å². The number of aliphatic imine (C=N–C) groups is 1. The molecule has 1 unspecified atom stereocenters. The minimum absolute atomic E-state index is 0.442. The molecule has 0 aromatic heterocycles. The van der Waals surface area contributed by atoms with Crippen molar-refractivity contribution in [2.24, 2.45) is 4.99 Å². The third kappa shape index (κ3) is 13.3. The van der Waals surface area contributed by atoms with Gasteiger partial charge in [0.2, 0.25) is 0 Å². The molecule has 1 N–H and O–H groups in total. The van der Waals surface area contributed by atoms with E-state index < -0.39 is 0 Å². The maximum atomic E-state index is 4.27. The van der Waals surface area contributed by atoms with Gasteiger partial charge in [-0.2, -0.15) is 0 Å². The number of rotatable bonds is 18. The second-order valence-corrected chi connectivity index (χ2v) is 7.84. The summed E-state index contributed by atoms with van der Waals surface area (Å²) in [5.74, 6) is 0. The molecule has 1 aliphatic heterocycles. The first kappa shape index (κ1) is 22.5. The second kappa shape index (κ2) is 16.9. The lowest BCUT2D eigenvalue weighted by Crippen LogP contribution is -2.42. The molecule has 1 aliphatic rings. The van der Waals surface area contributed by atoms with Gasteiger partial charge in [0.1, 0.15) is 0 Å². The summed E-state index contributed by atoms with van der Waals surface area (Å²) in [5, 5.41) is 3.61. The van der Waals surface area contributed by atoms with Gasteiger partial charge in [-0.05, 0) is 19.9 Å². The molecular formula is C22H45N3. The fraction of sp³-hybridized carbons (Fsp3) is 0.955. The predicted octanol–water partition coefficient (Wildman–Crippen LogP) is 6.14. The summed E-state index contributed by atoms with van der Waals surface area (Å²) in [6.07, 6.45) is 23.9. The lowest BCUT2D eigenvalue weighted by Gasteiger charge is -2.24. The Morgan fingerprint density at radius 3 is 1.72 bits per heavy atom. The molecule has 25 heavy (non-hydrogen) atoms. The minimum Gasteiger partial charge on any atom is -0.346 e. The van der Waals surface area contributed by atoms with Crippen LogP contribution < -0.4 is 5.32 Å². The van der Waals surface area contributed by atoms with Gasteiger partial charge in [-0.15, -0.1) is 0 Å². The zero-order valence-electron chi connectivity index (χ0n) is 17.3. The van der Waals surface area contributed by atoms with E-state index in [1.165, 1.54) is 96.3 Å². The molecule has 0 fully saturated rings. The van der Waals surface area contributed by atoms with Crippen molar-refractivity contribution >= 4 is 6.34 Å². The lowest BCUT2D eigenvalue weighted by molar-refractivity contribution is 0.307. The molecule has 0 aromatic carbocycles. The van der Waals surface area contributed by atoms with E-state index in [2.05, 4.69) is 29.1 Å². The summed E-state index contributed by atoms with van der Waals surface area (Å²) in [5.41, 5.74) is 0. The zero-order valence-corrected chi connectivity index (χ0v) is 17.3. The molecule has 3 heteroatoms. The molecule has 0 aliphatic carbocycles. The molecule has 1 rings (SSSR count). The van der Waals surface area contributed by atoms with Crippen molar-refractivity contribution in [2.75, 3.05) is 19.6 Å². The quantitative estimate of drug-likeness (QED) is 0.300. The first-order valence-corrected chi connectivity index (χ1v) is 11.3. The number of nitrogens with zero attached hydrogens (tertiary/aromatic N) is 2. The number of nitrogens with one attached hydrogen (secondary N) is 1. The van der Waals surface area contributed by atoms with Gasteiger partial charge in [-0.1, -0.05) is 96.8 Å². The number of unbranched alkanes of at least 4 members (excludes halogenated alkanes) is 14. The molecule has 0 saturated carbocycles. The predicted molar refractivity (Wildman–Crippen MR) is 112 cm³/mol. The van der Waals surface area contributed by atoms with Crippen molar-refractivity contribution in [1.29, 1.82) is 0 Å². The lowest BCUT2D eigenvalue weighted by atomic mass is 10.0. The van der Waals surface area contributed by atoms with Crippen molar-refractivity contribution in [1.82, 2.24) is 10.2 Å². The third-order valence-corrected chi connectivity index (χ3v) is 5.43. The van der Waals surface area contributed by atoms with Crippen LogP contribution in [0.5, 0.6) is 0 Å². The van der Waals surface area contributed by atoms with Crippen LogP contribution in [0.25, 0.3) is 0 Å². The molecule has 0 spiro atoms. The fourth-order valence-corrected chi connectivity index (χ4v) is 3.61. The summed E-state index contributed by atoms with van der Waals surface area (Å²) in [6, 6.07) is 0. The molecule has 0 aromatic rings. The standard InChI is InChI=1S/C22H45N3/c1-3-4-5-6-7-8-9-10-11-12-13-14-15-16-17-18-24-22(2)25-20-19-23-21-25/h21-22,24H,3-20H2,1-2H3. The van der Waals surface area contributed by atoms with Gasteiger partial charge in [0, 0.05) is 6.54 Å². The largest absolute Gasteiger partial charge is 0.346 e. The Morgan fingerprint density at radius 2 is 1.28 bits per heavy atom. The fourth-order valence-electron chi connectivity index (χ4n) is 3.61. The van der Waals surface area contributed by atoms with Gasteiger partial charge in [0.25, 0.3) is 0 Å². The highest BCUT2D eigenvalue weighted by Gasteiger charge is 2.11. The van der Waals surface area contributed by atoms with Gasteiger partial charge in [-0.3, -0.25) is 10.3 Å². The Labute approximate surface area is 158 Å². The molecule has 0 bridgehead atoms. The summed E-state index contributed by atoms with van der Waals surface area (Å²) in [4.78, 5) is 6.57. The highest BCUT2D eigenvalue weighted by atomic mass is 15.3. The molecular weight excluding hydrogens is 306 g/mol. The summed E-state index contributed by atoms with van der Waals surface area (Å²) < 4.78 is 0. The first-order valence-electron chi connectivity index (χ1n) is 11.3. The van der Waals surface area contributed by atoms with Gasteiger partial charge in [-0.25, -0.2) is 0 Å². The smallest absolute Gasteiger partial charge is 0.0863 e. The van der Waals surface area contributed by atoms with Crippen LogP contribution in [0.3, 0.4) is 0 Å². The molecule has 148 valence electrons. The Bertz CT molecular complexity index is 304. The molecule has 1 heterocycles. The van der Waals surface area contributed by atoms with Gasteiger partial charge in [0.05, 0.1) is 19.0 Å². The van der Waals surface area contributed by atoms with Gasteiger partial charge < -0.3 is 4.90 Å². The second-order valence-electron chi connectivity index (χ2n) is 7.84. The van der Waals surface area contributed by atoms with E-state index in [9.17, 15) is 0 Å². The van der Waals surface area contributed by atoms with Crippen LogP contribution in [-0.4, -0.2) is 37.0 Å². The van der Waals surface area contributed by atoms with E-state index >= 15 is 0 Å². The molecule has 3 nitrogen and oxygen atoms in total. The molecule has 0 radical (unpaired) electrons. The summed E-state index contributed by atoms with van der Waals surface area (Å²) >= 11 is 0. The van der Waals surface area contributed by atoms with E-state index in [0.717, 1.165) is 19.6 Å². The first-order chi connectivity index (χ1) is 12.3. The van der Waals surface area contributed by atoms with E-state index in [4.69, 9.17) is 0 Å². The maximum Gasteiger partial charge on any atom is 0.0863 e. The van der Waals surface area contributed by atoms with Gasteiger partial charge >= 0.3 is 0 Å². The normalized spacial score (nSPS) is 15.2. The monoisotopic (exact) mass is 351 g/mol. The Balaban J connectivity index is 1.70. The third-order valence-electron chi connectivity index (χ3n) is 5.43. The molecule has 1 atom stereocenters. The Morgan fingerprint density at radius 1 is 0.800 bits per heavy atom. The van der Waals surface area contributed by atoms with Crippen LogP contribution in [0.15, 0.2) is 4.99 Å². The van der Waals surface area contributed by atoms with Crippen LogP contribution in [0, 0.1) is 0 Å². The SMILES string of the molecule is CCCCCCCCCCCCCCCCCNC(C)N1C=NCC1. The van der Waals surface area contributed by atoms with Crippen molar-refractivity contribution in [3.8, 4) is 0 Å². The van der Waals surface area contributed by atoms with Crippen LogP contribution >= 0.6 is 0 Å². The van der Waals surface area contributed by atoms with Crippen LogP contribution in [-0.2, 0) is 0 Å². The van der Waals surface area contributed by atoms with Crippen molar-refractivity contribution in [3.05, 3.63) is 0 Å². The number of hydrogen-bond donors (Lipinski definition) is 1. The van der Waals surface area contributed by atoms with Crippen LogP contribution in [0.1, 0.15) is 110 Å². The Kier molecular flexibility index (Phi) is 15.2.